The summed E-state index contributed by atoms with van der Waals surface area (Å²) in [4.78, 5) is 7.10. The summed E-state index contributed by atoms with van der Waals surface area (Å²) < 4.78 is 13.6. The van der Waals surface area contributed by atoms with Crippen molar-refractivity contribution in [2.24, 2.45) is 4.99 Å². The van der Waals surface area contributed by atoms with Crippen molar-refractivity contribution in [1.29, 1.82) is 0 Å². The number of hydrogen-bond acceptors (Lipinski definition) is 2. The van der Waals surface area contributed by atoms with E-state index < -0.39 is 0 Å². The largest absolute Gasteiger partial charge is 0.357 e. The van der Waals surface area contributed by atoms with Crippen molar-refractivity contribution < 1.29 is 4.39 Å². The van der Waals surface area contributed by atoms with Crippen LogP contribution >= 0.6 is 0 Å². The Kier molecular flexibility index (Phi) is 7.87. The Hall–Kier alpha value is -1.62. The molecule has 0 aliphatic carbocycles. The van der Waals surface area contributed by atoms with Crippen LogP contribution in [-0.4, -0.2) is 50.1 Å². The lowest BCUT2D eigenvalue weighted by molar-refractivity contribution is 0.235. The van der Waals surface area contributed by atoms with Crippen molar-refractivity contribution in [3.8, 4) is 0 Å². The van der Waals surface area contributed by atoms with Gasteiger partial charge in [0.05, 0.1) is 6.54 Å². The van der Waals surface area contributed by atoms with Gasteiger partial charge in [0.15, 0.2) is 5.96 Å². The Morgan fingerprint density at radius 1 is 1.17 bits per heavy atom. The molecule has 1 aromatic rings. The molecule has 0 aromatic heterocycles. The van der Waals surface area contributed by atoms with Gasteiger partial charge in [-0.3, -0.25) is 4.99 Å². The van der Waals surface area contributed by atoms with Crippen LogP contribution < -0.4 is 10.6 Å². The lowest BCUT2D eigenvalue weighted by Crippen LogP contribution is -2.39. The molecule has 0 saturated carbocycles. The third kappa shape index (κ3) is 6.57. The van der Waals surface area contributed by atoms with Gasteiger partial charge in [0.1, 0.15) is 5.82 Å². The molecule has 2 rings (SSSR count). The van der Waals surface area contributed by atoms with Crippen LogP contribution in [0, 0.1) is 5.82 Å². The number of halogens is 1. The Morgan fingerprint density at radius 2 is 1.96 bits per heavy atom. The molecule has 128 valence electrons. The number of guanidine groups is 1. The molecule has 1 aliphatic rings. The van der Waals surface area contributed by atoms with Gasteiger partial charge < -0.3 is 15.5 Å². The van der Waals surface area contributed by atoms with E-state index in [0.717, 1.165) is 31.2 Å². The van der Waals surface area contributed by atoms with Crippen LogP contribution in [0.4, 0.5) is 4.39 Å². The first-order valence-corrected chi connectivity index (χ1v) is 8.77. The van der Waals surface area contributed by atoms with E-state index >= 15 is 0 Å². The molecule has 1 aliphatic heterocycles. The van der Waals surface area contributed by atoms with Crippen molar-refractivity contribution in [3.63, 3.8) is 0 Å². The van der Waals surface area contributed by atoms with Gasteiger partial charge in [0, 0.05) is 19.6 Å². The molecular weight excluding hydrogens is 291 g/mol. The molecule has 0 bridgehead atoms. The second-order valence-electron chi connectivity index (χ2n) is 5.93. The Morgan fingerprint density at radius 3 is 2.70 bits per heavy atom. The van der Waals surface area contributed by atoms with Crippen LogP contribution in [0.2, 0.25) is 0 Å². The number of piperidine rings is 1. The van der Waals surface area contributed by atoms with E-state index in [1.807, 2.05) is 12.1 Å². The van der Waals surface area contributed by atoms with Crippen LogP contribution in [0.1, 0.15) is 31.7 Å². The summed E-state index contributed by atoms with van der Waals surface area (Å²) in [6.07, 6.45) is 4.64. The van der Waals surface area contributed by atoms with Crippen LogP contribution in [-0.2, 0) is 6.42 Å². The second kappa shape index (κ2) is 10.2. The van der Waals surface area contributed by atoms with E-state index in [2.05, 4.69) is 27.4 Å². The molecule has 23 heavy (non-hydrogen) atoms. The zero-order valence-electron chi connectivity index (χ0n) is 14.2. The minimum atomic E-state index is -0.138. The lowest BCUT2D eigenvalue weighted by atomic mass is 10.1. The fourth-order valence-electron chi connectivity index (χ4n) is 2.84. The maximum atomic E-state index is 13.6. The smallest absolute Gasteiger partial charge is 0.191 e. The summed E-state index contributed by atoms with van der Waals surface area (Å²) in [7, 11) is 0. The van der Waals surface area contributed by atoms with E-state index in [1.165, 1.54) is 38.4 Å². The first-order valence-electron chi connectivity index (χ1n) is 8.77. The van der Waals surface area contributed by atoms with Crippen molar-refractivity contribution in [3.05, 3.63) is 35.6 Å². The van der Waals surface area contributed by atoms with Crippen molar-refractivity contribution >= 4 is 5.96 Å². The summed E-state index contributed by atoms with van der Waals surface area (Å²) >= 11 is 0. The second-order valence-corrected chi connectivity index (χ2v) is 5.93. The maximum absolute atomic E-state index is 13.6. The number of hydrogen-bond donors (Lipinski definition) is 2. The van der Waals surface area contributed by atoms with Crippen molar-refractivity contribution in [1.82, 2.24) is 15.5 Å². The number of nitrogens with one attached hydrogen (secondary N) is 2. The third-order valence-corrected chi connectivity index (χ3v) is 4.12. The molecule has 0 radical (unpaired) electrons. The Labute approximate surface area is 139 Å². The number of aliphatic imine (C=N–C) groups is 1. The van der Waals surface area contributed by atoms with E-state index in [4.69, 9.17) is 0 Å². The van der Waals surface area contributed by atoms with Crippen molar-refractivity contribution in [2.45, 2.75) is 32.6 Å². The first kappa shape index (κ1) is 17.7. The zero-order chi connectivity index (χ0) is 16.3. The number of nitrogens with zero attached hydrogens (tertiary/aromatic N) is 2. The third-order valence-electron chi connectivity index (χ3n) is 4.12. The van der Waals surface area contributed by atoms with Crippen LogP contribution in [0.25, 0.3) is 0 Å². The lowest BCUT2D eigenvalue weighted by Gasteiger charge is -2.25. The average molecular weight is 320 g/mol. The molecule has 1 fully saturated rings. The molecule has 1 heterocycles. The summed E-state index contributed by atoms with van der Waals surface area (Å²) in [5.41, 5.74) is 0.740. The molecular formula is C18H29FN4. The topological polar surface area (TPSA) is 39.7 Å². The summed E-state index contributed by atoms with van der Waals surface area (Å²) in [6, 6.07) is 6.93. The van der Waals surface area contributed by atoms with Crippen LogP contribution in [0.5, 0.6) is 0 Å². The van der Waals surface area contributed by atoms with E-state index in [-0.39, 0.29) is 5.82 Å². The fourth-order valence-corrected chi connectivity index (χ4v) is 2.84. The standard InChI is InChI=1S/C18H29FN4/c1-2-20-18(22-12-15-23-13-6-3-7-14-23)21-11-10-16-8-4-5-9-17(16)19/h4-5,8-9H,2-3,6-7,10-15H2,1H3,(H2,20,21,22). The van der Waals surface area contributed by atoms with Gasteiger partial charge in [-0.2, -0.15) is 0 Å². The van der Waals surface area contributed by atoms with Gasteiger partial charge in [0.25, 0.3) is 0 Å². The molecule has 0 unspecified atom stereocenters. The highest BCUT2D eigenvalue weighted by Crippen LogP contribution is 2.08. The number of likely N-dealkylation sites (tertiary alicyclic amines) is 1. The summed E-state index contributed by atoms with van der Waals surface area (Å²) in [5, 5.41) is 6.54. The number of rotatable bonds is 7. The summed E-state index contributed by atoms with van der Waals surface area (Å²) in [6.45, 7) is 7.78. The summed E-state index contributed by atoms with van der Waals surface area (Å²) in [5.74, 6) is 0.683. The SMILES string of the molecule is CCNC(=NCCN1CCCCC1)NCCc1ccccc1F. The molecule has 4 nitrogen and oxygen atoms in total. The van der Waals surface area contributed by atoms with Gasteiger partial charge in [-0.25, -0.2) is 4.39 Å². The molecule has 1 aromatic carbocycles. The predicted molar refractivity (Wildman–Crippen MR) is 94.4 cm³/mol. The minimum absolute atomic E-state index is 0.138. The fraction of sp³-hybridized carbons (Fsp3) is 0.611. The highest BCUT2D eigenvalue weighted by molar-refractivity contribution is 5.79. The predicted octanol–water partition coefficient (Wildman–Crippen LogP) is 2.41. The van der Waals surface area contributed by atoms with E-state index in [1.54, 1.807) is 6.07 Å². The van der Waals surface area contributed by atoms with Gasteiger partial charge in [-0.15, -0.1) is 0 Å². The molecule has 0 spiro atoms. The molecule has 5 heteroatoms. The average Bonchev–Trinajstić information content (AvgIpc) is 2.57. The van der Waals surface area contributed by atoms with Crippen LogP contribution in [0.3, 0.4) is 0 Å². The Bertz CT molecular complexity index is 484. The number of benzene rings is 1. The highest BCUT2D eigenvalue weighted by atomic mass is 19.1. The first-order chi connectivity index (χ1) is 11.3. The van der Waals surface area contributed by atoms with Crippen LogP contribution in [0.15, 0.2) is 29.3 Å². The van der Waals surface area contributed by atoms with Gasteiger partial charge in [0.2, 0.25) is 0 Å². The zero-order valence-corrected chi connectivity index (χ0v) is 14.2. The minimum Gasteiger partial charge on any atom is -0.357 e. The Balaban J connectivity index is 1.73. The molecule has 1 saturated heterocycles. The highest BCUT2D eigenvalue weighted by Gasteiger charge is 2.09. The van der Waals surface area contributed by atoms with Gasteiger partial charge in [-0.1, -0.05) is 24.6 Å². The maximum Gasteiger partial charge on any atom is 0.191 e. The molecule has 0 amide bonds. The van der Waals surface area contributed by atoms with Gasteiger partial charge >= 0.3 is 0 Å². The van der Waals surface area contributed by atoms with Gasteiger partial charge in [-0.05, 0) is 50.9 Å². The van der Waals surface area contributed by atoms with E-state index in [9.17, 15) is 4.39 Å². The monoisotopic (exact) mass is 320 g/mol. The molecule has 2 N–H and O–H groups in total. The van der Waals surface area contributed by atoms with Crippen molar-refractivity contribution in [2.75, 3.05) is 39.3 Å². The quantitative estimate of drug-likeness (QED) is 0.599. The van der Waals surface area contributed by atoms with E-state index in [0.29, 0.717) is 13.0 Å². The normalized spacial score (nSPS) is 16.3. The molecule has 0 atom stereocenters.